The second kappa shape index (κ2) is 4.07. The SMILES string of the molecule is CC(C)C(N)CC1CCOC1. The van der Waals surface area contributed by atoms with Crippen LogP contribution in [0, 0.1) is 11.8 Å². The van der Waals surface area contributed by atoms with Crippen molar-refractivity contribution in [3.05, 3.63) is 0 Å². The Kier molecular flexibility index (Phi) is 3.34. The molecule has 2 heteroatoms. The van der Waals surface area contributed by atoms with Crippen molar-refractivity contribution >= 4 is 0 Å². The van der Waals surface area contributed by atoms with E-state index in [1.807, 2.05) is 0 Å². The van der Waals surface area contributed by atoms with Crippen molar-refractivity contribution in [3.8, 4) is 0 Å². The molecule has 0 radical (unpaired) electrons. The molecule has 1 rings (SSSR count). The van der Waals surface area contributed by atoms with Crippen molar-refractivity contribution in [1.82, 2.24) is 0 Å². The van der Waals surface area contributed by atoms with Crippen LogP contribution >= 0.6 is 0 Å². The first-order valence-electron chi connectivity index (χ1n) is 4.53. The molecule has 11 heavy (non-hydrogen) atoms. The highest BCUT2D eigenvalue weighted by Gasteiger charge is 2.19. The highest BCUT2D eigenvalue weighted by molar-refractivity contribution is 4.73. The van der Waals surface area contributed by atoms with E-state index in [4.69, 9.17) is 10.5 Å². The van der Waals surface area contributed by atoms with E-state index in [1.54, 1.807) is 0 Å². The first-order chi connectivity index (χ1) is 5.20. The summed E-state index contributed by atoms with van der Waals surface area (Å²) in [6.45, 7) is 6.23. The number of hydrogen-bond donors (Lipinski definition) is 1. The van der Waals surface area contributed by atoms with E-state index in [1.165, 1.54) is 6.42 Å². The van der Waals surface area contributed by atoms with Crippen molar-refractivity contribution in [2.24, 2.45) is 17.6 Å². The molecular formula is C9H19NO. The highest BCUT2D eigenvalue weighted by Crippen LogP contribution is 2.19. The monoisotopic (exact) mass is 157 g/mol. The summed E-state index contributed by atoms with van der Waals surface area (Å²) in [4.78, 5) is 0. The predicted molar refractivity (Wildman–Crippen MR) is 46.4 cm³/mol. The molecule has 0 aromatic heterocycles. The van der Waals surface area contributed by atoms with Crippen molar-refractivity contribution in [2.45, 2.75) is 32.7 Å². The van der Waals surface area contributed by atoms with Gasteiger partial charge in [0.2, 0.25) is 0 Å². The van der Waals surface area contributed by atoms with Gasteiger partial charge in [-0.1, -0.05) is 13.8 Å². The zero-order valence-electron chi connectivity index (χ0n) is 7.55. The van der Waals surface area contributed by atoms with E-state index in [-0.39, 0.29) is 0 Å². The summed E-state index contributed by atoms with van der Waals surface area (Å²) < 4.78 is 5.28. The lowest BCUT2D eigenvalue weighted by molar-refractivity contribution is 0.181. The van der Waals surface area contributed by atoms with Crippen LogP contribution in [0.2, 0.25) is 0 Å². The summed E-state index contributed by atoms with van der Waals surface area (Å²) in [6, 6.07) is 0.363. The minimum atomic E-state index is 0.363. The number of hydrogen-bond acceptors (Lipinski definition) is 2. The van der Waals surface area contributed by atoms with Crippen LogP contribution in [0.15, 0.2) is 0 Å². The lowest BCUT2D eigenvalue weighted by atomic mass is 9.93. The molecule has 1 heterocycles. The van der Waals surface area contributed by atoms with Gasteiger partial charge in [-0.05, 0) is 24.7 Å². The Hall–Kier alpha value is -0.0800. The fraction of sp³-hybridized carbons (Fsp3) is 1.00. The minimum Gasteiger partial charge on any atom is -0.381 e. The molecule has 0 bridgehead atoms. The molecule has 66 valence electrons. The van der Waals surface area contributed by atoms with Crippen LogP contribution in [-0.4, -0.2) is 19.3 Å². The Bertz CT molecular complexity index is 108. The summed E-state index contributed by atoms with van der Waals surface area (Å²) >= 11 is 0. The maximum atomic E-state index is 5.94. The molecule has 0 saturated carbocycles. The maximum Gasteiger partial charge on any atom is 0.0495 e. The fourth-order valence-corrected chi connectivity index (χ4v) is 1.43. The van der Waals surface area contributed by atoms with Gasteiger partial charge in [-0.15, -0.1) is 0 Å². The van der Waals surface area contributed by atoms with Gasteiger partial charge in [-0.3, -0.25) is 0 Å². The molecule has 2 atom stereocenters. The van der Waals surface area contributed by atoms with Gasteiger partial charge in [0.1, 0.15) is 0 Å². The molecule has 1 aliphatic rings. The Morgan fingerprint density at radius 1 is 1.55 bits per heavy atom. The van der Waals surface area contributed by atoms with Crippen LogP contribution in [-0.2, 0) is 4.74 Å². The van der Waals surface area contributed by atoms with Crippen LogP contribution in [0.25, 0.3) is 0 Å². The third-order valence-electron chi connectivity index (χ3n) is 2.49. The molecule has 0 aliphatic carbocycles. The highest BCUT2D eigenvalue weighted by atomic mass is 16.5. The lowest BCUT2D eigenvalue weighted by Crippen LogP contribution is -2.29. The van der Waals surface area contributed by atoms with Crippen LogP contribution in [0.3, 0.4) is 0 Å². The lowest BCUT2D eigenvalue weighted by Gasteiger charge is -2.18. The topological polar surface area (TPSA) is 35.2 Å². The van der Waals surface area contributed by atoms with Crippen molar-refractivity contribution < 1.29 is 4.74 Å². The molecule has 1 saturated heterocycles. The van der Waals surface area contributed by atoms with Crippen LogP contribution < -0.4 is 5.73 Å². The van der Waals surface area contributed by atoms with Crippen LogP contribution in [0.1, 0.15) is 26.7 Å². The number of ether oxygens (including phenoxy) is 1. The summed E-state index contributed by atoms with van der Waals surface area (Å²) in [5.41, 5.74) is 5.94. The predicted octanol–water partition coefficient (Wildman–Crippen LogP) is 1.40. The Morgan fingerprint density at radius 3 is 2.73 bits per heavy atom. The van der Waals surface area contributed by atoms with Gasteiger partial charge in [-0.25, -0.2) is 0 Å². The molecule has 1 aliphatic heterocycles. The standard InChI is InChI=1S/C9H19NO/c1-7(2)9(10)5-8-3-4-11-6-8/h7-9H,3-6,10H2,1-2H3. The van der Waals surface area contributed by atoms with E-state index in [2.05, 4.69) is 13.8 Å². The Morgan fingerprint density at radius 2 is 2.27 bits per heavy atom. The third-order valence-corrected chi connectivity index (χ3v) is 2.49. The zero-order chi connectivity index (χ0) is 8.27. The van der Waals surface area contributed by atoms with E-state index in [0.29, 0.717) is 12.0 Å². The summed E-state index contributed by atoms with van der Waals surface area (Å²) in [5.74, 6) is 1.34. The van der Waals surface area contributed by atoms with E-state index < -0.39 is 0 Å². The second-order valence-electron chi connectivity index (χ2n) is 3.87. The van der Waals surface area contributed by atoms with E-state index in [9.17, 15) is 0 Å². The zero-order valence-corrected chi connectivity index (χ0v) is 7.55. The molecule has 0 aromatic rings. The molecule has 0 spiro atoms. The maximum absolute atomic E-state index is 5.94. The summed E-state index contributed by atoms with van der Waals surface area (Å²) in [6.07, 6.45) is 2.35. The Balaban J connectivity index is 2.18. The van der Waals surface area contributed by atoms with Gasteiger partial charge < -0.3 is 10.5 Å². The molecule has 0 amide bonds. The first kappa shape index (κ1) is 9.01. The smallest absolute Gasteiger partial charge is 0.0495 e. The second-order valence-corrected chi connectivity index (χ2v) is 3.87. The van der Waals surface area contributed by atoms with Gasteiger partial charge >= 0.3 is 0 Å². The first-order valence-corrected chi connectivity index (χ1v) is 4.53. The van der Waals surface area contributed by atoms with Crippen LogP contribution in [0.4, 0.5) is 0 Å². The van der Waals surface area contributed by atoms with E-state index in [0.717, 1.165) is 25.6 Å². The average Bonchev–Trinajstić information content (AvgIpc) is 2.39. The molecule has 2 unspecified atom stereocenters. The molecule has 2 N–H and O–H groups in total. The van der Waals surface area contributed by atoms with Crippen molar-refractivity contribution in [1.29, 1.82) is 0 Å². The van der Waals surface area contributed by atoms with Gasteiger partial charge in [0.25, 0.3) is 0 Å². The third kappa shape index (κ3) is 2.80. The number of rotatable bonds is 3. The molecule has 2 nitrogen and oxygen atoms in total. The normalized spacial score (nSPS) is 27.8. The molecule has 1 fully saturated rings. The Labute approximate surface area is 69.1 Å². The van der Waals surface area contributed by atoms with Crippen molar-refractivity contribution in [2.75, 3.05) is 13.2 Å². The fourth-order valence-electron chi connectivity index (χ4n) is 1.43. The van der Waals surface area contributed by atoms with Gasteiger partial charge in [0, 0.05) is 19.3 Å². The van der Waals surface area contributed by atoms with Gasteiger partial charge in [0.05, 0.1) is 0 Å². The number of nitrogens with two attached hydrogens (primary N) is 1. The minimum absolute atomic E-state index is 0.363. The largest absolute Gasteiger partial charge is 0.381 e. The molecule has 0 aromatic carbocycles. The average molecular weight is 157 g/mol. The van der Waals surface area contributed by atoms with Crippen LogP contribution in [0.5, 0.6) is 0 Å². The quantitative estimate of drug-likeness (QED) is 0.672. The summed E-state index contributed by atoms with van der Waals surface area (Å²) in [5, 5.41) is 0. The summed E-state index contributed by atoms with van der Waals surface area (Å²) in [7, 11) is 0. The van der Waals surface area contributed by atoms with Gasteiger partial charge in [-0.2, -0.15) is 0 Å². The molecular weight excluding hydrogens is 138 g/mol. The van der Waals surface area contributed by atoms with Crippen molar-refractivity contribution in [3.63, 3.8) is 0 Å². The van der Waals surface area contributed by atoms with E-state index >= 15 is 0 Å². The van der Waals surface area contributed by atoms with Gasteiger partial charge in [0.15, 0.2) is 0 Å².